The summed E-state index contributed by atoms with van der Waals surface area (Å²) in [6.45, 7) is 12.6. The lowest BCUT2D eigenvalue weighted by Crippen LogP contribution is -2.47. The lowest BCUT2D eigenvalue weighted by Gasteiger charge is -2.38. The average Bonchev–Trinajstić information content (AvgIpc) is 2.66. The van der Waals surface area contributed by atoms with E-state index in [1.54, 1.807) is 0 Å². The molecule has 2 aliphatic rings. The lowest BCUT2D eigenvalue weighted by molar-refractivity contribution is -0.185. The third-order valence-corrected chi connectivity index (χ3v) is 7.24. The molecule has 2 fully saturated rings. The van der Waals surface area contributed by atoms with E-state index in [1.165, 1.54) is 0 Å². The molecule has 6 nitrogen and oxygen atoms in total. The Kier molecular flexibility index (Phi) is 9.16. The second kappa shape index (κ2) is 10.9. The molecule has 0 bridgehead atoms. The second-order valence-corrected chi connectivity index (χ2v) is 10.5. The Labute approximate surface area is 181 Å². The molecule has 2 rings (SSSR count). The van der Waals surface area contributed by atoms with Crippen LogP contribution in [0.25, 0.3) is 0 Å². The standard InChI is InChI=1S/C24H42O6/c1-13(2)17-9-7-15(5)11-19(17)29-23(27)21(25)22(26)24(28)30-20-12-16(6)8-10-18(20)14(3)4/h13-22,25-26H,7-12H2,1-6H3/t15-,16-,17+,18+,19-,20+,21?,22?/m1/s1. The summed E-state index contributed by atoms with van der Waals surface area (Å²) in [5, 5.41) is 20.6. The predicted octanol–water partition coefficient (Wildman–Crippen LogP) is 3.72. The van der Waals surface area contributed by atoms with Crippen LogP contribution in [0.4, 0.5) is 0 Å². The Bertz CT molecular complexity index is 524. The molecule has 0 amide bonds. The van der Waals surface area contributed by atoms with Gasteiger partial charge in [0.2, 0.25) is 0 Å². The van der Waals surface area contributed by atoms with Crippen molar-refractivity contribution in [3.63, 3.8) is 0 Å². The van der Waals surface area contributed by atoms with Gasteiger partial charge in [-0.2, -0.15) is 0 Å². The molecule has 8 atom stereocenters. The van der Waals surface area contributed by atoms with Crippen molar-refractivity contribution in [2.75, 3.05) is 0 Å². The molecule has 2 unspecified atom stereocenters. The van der Waals surface area contributed by atoms with Crippen molar-refractivity contribution in [2.24, 2.45) is 35.5 Å². The molecule has 2 saturated carbocycles. The Balaban J connectivity index is 1.96. The number of rotatable bonds is 7. The fourth-order valence-corrected chi connectivity index (χ4v) is 5.20. The fraction of sp³-hybridized carbons (Fsp3) is 0.917. The van der Waals surface area contributed by atoms with Crippen LogP contribution in [0.5, 0.6) is 0 Å². The van der Waals surface area contributed by atoms with Crippen molar-refractivity contribution in [1.82, 2.24) is 0 Å². The van der Waals surface area contributed by atoms with E-state index in [0.29, 0.717) is 23.7 Å². The van der Waals surface area contributed by atoms with Gasteiger partial charge in [0, 0.05) is 0 Å². The van der Waals surface area contributed by atoms with Crippen molar-refractivity contribution in [3.8, 4) is 0 Å². The summed E-state index contributed by atoms with van der Waals surface area (Å²) >= 11 is 0. The molecule has 2 N–H and O–H groups in total. The van der Waals surface area contributed by atoms with Gasteiger partial charge >= 0.3 is 11.9 Å². The number of esters is 2. The lowest BCUT2D eigenvalue weighted by atomic mass is 9.75. The first-order valence-corrected chi connectivity index (χ1v) is 11.8. The molecule has 30 heavy (non-hydrogen) atoms. The summed E-state index contributed by atoms with van der Waals surface area (Å²) in [5.41, 5.74) is 0. The van der Waals surface area contributed by atoms with Gasteiger partial charge in [-0.05, 0) is 61.2 Å². The van der Waals surface area contributed by atoms with Crippen LogP contribution < -0.4 is 0 Å². The van der Waals surface area contributed by atoms with Crippen LogP contribution >= 0.6 is 0 Å². The number of carbonyl (C=O) groups is 2. The highest BCUT2D eigenvalue weighted by molar-refractivity contribution is 5.85. The summed E-state index contributed by atoms with van der Waals surface area (Å²) in [5.74, 6) is 0.126. The van der Waals surface area contributed by atoms with Gasteiger partial charge in [-0.15, -0.1) is 0 Å². The van der Waals surface area contributed by atoms with Crippen LogP contribution in [0.1, 0.15) is 80.1 Å². The van der Waals surface area contributed by atoms with Crippen LogP contribution in [0.3, 0.4) is 0 Å². The maximum Gasteiger partial charge on any atom is 0.338 e. The van der Waals surface area contributed by atoms with Crippen molar-refractivity contribution < 1.29 is 29.3 Å². The first-order valence-electron chi connectivity index (χ1n) is 11.8. The highest BCUT2D eigenvalue weighted by Crippen LogP contribution is 2.37. The molecule has 0 radical (unpaired) electrons. The number of ether oxygens (including phenoxy) is 2. The fourth-order valence-electron chi connectivity index (χ4n) is 5.20. The minimum absolute atomic E-state index is 0.219. The van der Waals surface area contributed by atoms with E-state index in [0.717, 1.165) is 38.5 Å². The molecule has 174 valence electrons. The number of aliphatic hydroxyl groups is 2. The molecular formula is C24H42O6. The predicted molar refractivity (Wildman–Crippen MR) is 114 cm³/mol. The summed E-state index contributed by atoms with van der Waals surface area (Å²) in [6, 6.07) is 0. The minimum atomic E-state index is -1.93. The molecule has 0 aromatic carbocycles. The van der Waals surface area contributed by atoms with E-state index in [1.807, 2.05) is 0 Å². The van der Waals surface area contributed by atoms with Gasteiger partial charge in [-0.3, -0.25) is 0 Å². The quantitative estimate of drug-likeness (QED) is 0.603. The van der Waals surface area contributed by atoms with Gasteiger partial charge in [0.15, 0.2) is 12.2 Å². The van der Waals surface area contributed by atoms with Crippen molar-refractivity contribution in [2.45, 2.75) is 104 Å². The first kappa shape index (κ1) is 25.1. The summed E-state index contributed by atoms with van der Waals surface area (Å²) < 4.78 is 11.2. The molecule has 2 aliphatic carbocycles. The Hall–Kier alpha value is -1.14. The highest BCUT2D eigenvalue weighted by Gasteiger charge is 2.40. The van der Waals surface area contributed by atoms with Gasteiger partial charge in [-0.1, -0.05) is 54.4 Å². The maximum atomic E-state index is 12.5. The molecule has 0 aliphatic heterocycles. The van der Waals surface area contributed by atoms with Crippen molar-refractivity contribution >= 4 is 11.9 Å². The largest absolute Gasteiger partial charge is 0.460 e. The van der Waals surface area contributed by atoms with E-state index >= 15 is 0 Å². The summed E-state index contributed by atoms with van der Waals surface area (Å²) in [6.07, 6.45) is 1.11. The van der Waals surface area contributed by atoms with E-state index in [-0.39, 0.29) is 24.0 Å². The molecule has 0 saturated heterocycles. The topological polar surface area (TPSA) is 93.1 Å². The number of aliphatic hydroxyl groups excluding tert-OH is 2. The van der Waals surface area contributed by atoms with Crippen molar-refractivity contribution in [3.05, 3.63) is 0 Å². The van der Waals surface area contributed by atoms with Gasteiger partial charge in [0.05, 0.1) is 0 Å². The SMILES string of the molecule is CC(C)[C@@H]1CC[C@@H](C)C[C@@H]1OC(=O)C(O)C(O)C(=O)O[C@@H]1C[C@H](C)CC[C@H]1C(C)C. The third kappa shape index (κ3) is 6.43. The zero-order valence-corrected chi connectivity index (χ0v) is 19.5. The molecule has 0 spiro atoms. The smallest absolute Gasteiger partial charge is 0.338 e. The van der Waals surface area contributed by atoms with Gasteiger partial charge in [0.25, 0.3) is 0 Å². The Morgan fingerprint density at radius 3 is 1.33 bits per heavy atom. The monoisotopic (exact) mass is 426 g/mol. The highest BCUT2D eigenvalue weighted by atomic mass is 16.6. The van der Waals surface area contributed by atoms with Crippen LogP contribution in [-0.4, -0.2) is 46.6 Å². The van der Waals surface area contributed by atoms with Gasteiger partial charge in [-0.25, -0.2) is 9.59 Å². The van der Waals surface area contributed by atoms with Crippen molar-refractivity contribution in [1.29, 1.82) is 0 Å². The van der Waals surface area contributed by atoms with E-state index in [9.17, 15) is 19.8 Å². The first-order chi connectivity index (χ1) is 14.0. The zero-order chi connectivity index (χ0) is 22.6. The molecule has 0 heterocycles. The van der Waals surface area contributed by atoms with Gasteiger partial charge < -0.3 is 19.7 Å². The summed E-state index contributed by atoms with van der Waals surface area (Å²) in [7, 11) is 0. The molecule has 0 aromatic heterocycles. The second-order valence-electron chi connectivity index (χ2n) is 10.5. The molecule has 0 aromatic rings. The average molecular weight is 427 g/mol. The zero-order valence-electron chi connectivity index (χ0n) is 19.5. The van der Waals surface area contributed by atoms with E-state index in [2.05, 4.69) is 41.5 Å². The molecule has 6 heteroatoms. The number of hydrogen-bond donors (Lipinski definition) is 2. The van der Waals surface area contributed by atoms with Crippen LogP contribution in [0.2, 0.25) is 0 Å². The normalized spacial score (nSPS) is 34.5. The van der Waals surface area contributed by atoms with Crippen LogP contribution in [0, 0.1) is 35.5 Å². The van der Waals surface area contributed by atoms with E-state index < -0.39 is 24.1 Å². The Morgan fingerprint density at radius 2 is 1.03 bits per heavy atom. The van der Waals surface area contributed by atoms with E-state index in [4.69, 9.17) is 9.47 Å². The summed E-state index contributed by atoms with van der Waals surface area (Å²) in [4.78, 5) is 25.0. The van der Waals surface area contributed by atoms with Gasteiger partial charge in [0.1, 0.15) is 12.2 Å². The van der Waals surface area contributed by atoms with Crippen LogP contribution in [-0.2, 0) is 19.1 Å². The maximum absolute atomic E-state index is 12.5. The third-order valence-electron chi connectivity index (χ3n) is 7.24. The number of carbonyl (C=O) groups excluding carboxylic acids is 2. The number of hydrogen-bond acceptors (Lipinski definition) is 6. The molecular weight excluding hydrogens is 384 g/mol. The Morgan fingerprint density at radius 1 is 0.700 bits per heavy atom. The van der Waals surface area contributed by atoms with Crippen LogP contribution in [0.15, 0.2) is 0 Å². The minimum Gasteiger partial charge on any atom is -0.460 e.